The zero-order valence-corrected chi connectivity index (χ0v) is 10.0. The number of aromatic nitrogens is 1. The van der Waals surface area contributed by atoms with Crippen LogP contribution >= 0.6 is 11.6 Å². The lowest BCUT2D eigenvalue weighted by Gasteiger charge is -2.28. The van der Waals surface area contributed by atoms with Crippen molar-refractivity contribution in [3.8, 4) is 0 Å². The third-order valence-corrected chi connectivity index (χ3v) is 4.04. The van der Waals surface area contributed by atoms with Crippen molar-refractivity contribution in [3.63, 3.8) is 0 Å². The second-order valence-corrected chi connectivity index (χ2v) is 5.20. The fourth-order valence-corrected chi connectivity index (χ4v) is 3.13. The van der Waals surface area contributed by atoms with E-state index in [1.807, 2.05) is 6.07 Å². The van der Waals surface area contributed by atoms with Crippen molar-refractivity contribution in [2.75, 3.05) is 11.4 Å². The van der Waals surface area contributed by atoms with Crippen LogP contribution in [0.25, 0.3) is 0 Å². The summed E-state index contributed by atoms with van der Waals surface area (Å²) in [4.78, 5) is 17.4. The van der Waals surface area contributed by atoms with Gasteiger partial charge in [-0.3, -0.25) is 0 Å². The van der Waals surface area contributed by atoms with Crippen molar-refractivity contribution in [2.24, 2.45) is 5.92 Å². The normalized spacial score (nSPS) is 26.5. The van der Waals surface area contributed by atoms with Crippen LogP contribution in [0.4, 0.5) is 5.82 Å². The number of nitrogens with zero attached hydrogens (tertiary/aromatic N) is 2. The maximum Gasteiger partial charge on any atom is 0.356 e. The molecule has 0 aromatic carbocycles. The van der Waals surface area contributed by atoms with Crippen molar-refractivity contribution < 1.29 is 9.90 Å². The van der Waals surface area contributed by atoms with E-state index in [9.17, 15) is 4.79 Å². The quantitative estimate of drug-likeness (QED) is 0.878. The van der Waals surface area contributed by atoms with Gasteiger partial charge < -0.3 is 10.0 Å². The molecule has 2 unspecified atom stereocenters. The van der Waals surface area contributed by atoms with Gasteiger partial charge in [0.25, 0.3) is 0 Å². The minimum absolute atomic E-state index is 0.0491. The molecule has 4 nitrogen and oxygen atoms in total. The summed E-state index contributed by atoms with van der Waals surface area (Å²) in [6, 6.07) is 3.98. The molecule has 1 aliphatic carbocycles. The van der Waals surface area contributed by atoms with Crippen molar-refractivity contribution >= 4 is 23.4 Å². The minimum Gasteiger partial charge on any atom is -0.476 e. The number of pyridine rings is 1. The molecule has 2 heterocycles. The van der Waals surface area contributed by atoms with Gasteiger partial charge in [-0.1, -0.05) is 11.6 Å². The first kappa shape index (κ1) is 10.8. The van der Waals surface area contributed by atoms with Gasteiger partial charge in [-0.2, -0.15) is 0 Å². The molecule has 2 atom stereocenters. The average Bonchev–Trinajstić information content (AvgIpc) is 2.91. The van der Waals surface area contributed by atoms with E-state index in [2.05, 4.69) is 9.88 Å². The topological polar surface area (TPSA) is 53.4 Å². The van der Waals surface area contributed by atoms with E-state index < -0.39 is 5.97 Å². The lowest BCUT2D eigenvalue weighted by Crippen LogP contribution is -2.32. The Morgan fingerprint density at radius 2 is 2.29 bits per heavy atom. The SMILES string of the molecule is O=C(O)c1nc(N2CC3CCC2C3)ccc1Cl. The van der Waals surface area contributed by atoms with Crippen molar-refractivity contribution in [1.29, 1.82) is 0 Å². The number of aromatic carboxylic acids is 1. The van der Waals surface area contributed by atoms with E-state index in [0.29, 0.717) is 6.04 Å². The van der Waals surface area contributed by atoms with Crippen LogP contribution in [0.1, 0.15) is 29.8 Å². The number of hydrogen-bond acceptors (Lipinski definition) is 3. The molecule has 1 aromatic rings. The Morgan fingerprint density at radius 3 is 2.88 bits per heavy atom. The molecular weight excluding hydrogens is 240 g/mol. The summed E-state index contributed by atoms with van der Waals surface area (Å²) in [7, 11) is 0. The predicted octanol–water partition coefficient (Wildman–Crippen LogP) is 2.42. The highest BCUT2D eigenvalue weighted by Gasteiger charge is 2.38. The molecule has 2 fully saturated rings. The van der Waals surface area contributed by atoms with Crippen LogP contribution in [-0.2, 0) is 0 Å². The third kappa shape index (κ3) is 1.76. The predicted molar refractivity (Wildman–Crippen MR) is 64.7 cm³/mol. The van der Waals surface area contributed by atoms with Gasteiger partial charge in [-0.05, 0) is 37.3 Å². The Balaban J connectivity index is 1.93. The van der Waals surface area contributed by atoms with Gasteiger partial charge in [0.15, 0.2) is 5.69 Å². The lowest BCUT2D eigenvalue weighted by atomic mass is 10.1. The zero-order chi connectivity index (χ0) is 12.0. The van der Waals surface area contributed by atoms with Crippen LogP contribution in [0.3, 0.4) is 0 Å². The van der Waals surface area contributed by atoms with Gasteiger partial charge in [0.1, 0.15) is 5.82 Å². The Bertz CT molecular complexity index is 478. The molecule has 0 spiro atoms. The standard InChI is InChI=1S/C12H13ClN2O2/c13-9-3-4-10(14-11(9)12(16)17)15-6-7-1-2-8(15)5-7/h3-4,7-8H,1-2,5-6H2,(H,16,17). The molecule has 90 valence electrons. The van der Waals surface area contributed by atoms with Crippen LogP contribution in [0.15, 0.2) is 12.1 Å². The molecule has 0 radical (unpaired) electrons. The van der Waals surface area contributed by atoms with Gasteiger partial charge in [0.05, 0.1) is 5.02 Å². The Hall–Kier alpha value is -1.29. The molecule has 1 saturated carbocycles. The molecule has 17 heavy (non-hydrogen) atoms. The van der Waals surface area contributed by atoms with Crippen LogP contribution in [0.5, 0.6) is 0 Å². The van der Waals surface area contributed by atoms with Gasteiger partial charge in [-0.15, -0.1) is 0 Å². The average molecular weight is 253 g/mol. The van der Waals surface area contributed by atoms with Crippen LogP contribution in [-0.4, -0.2) is 28.6 Å². The molecular formula is C12H13ClN2O2. The number of piperidine rings is 1. The molecule has 5 heteroatoms. The summed E-state index contributed by atoms with van der Waals surface area (Å²) in [5, 5.41) is 9.20. The third-order valence-electron chi connectivity index (χ3n) is 3.74. The number of carboxylic acids is 1. The minimum atomic E-state index is -1.07. The van der Waals surface area contributed by atoms with E-state index in [4.69, 9.17) is 16.7 Å². The van der Waals surface area contributed by atoms with Crippen molar-refractivity contribution in [1.82, 2.24) is 4.98 Å². The second kappa shape index (κ2) is 3.88. The number of rotatable bonds is 2. The van der Waals surface area contributed by atoms with E-state index in [1.54, 1.807) is 6.07 Å². The van der Waals surface area contributed by atoms with Gasteiger partial charge in [0.2, 0.25) is 0 Å². The molecule has 0 amide bonds. The van der Waals surface area contributed by atoms with Gasteiger partial charge >= 0.3 is 5.97 Å². The van der Waals surface area contributed by atoms with Crippen molar-refractivity contribution in [2.45, 2.75) is 25.3 Å². The largest absolute Gasteiger partial charge is 0.476 e. The number of carbonyl (C=O) groups is 1. The highest BCUT2D eigenvalue weighted by atomic mass is 35.5. The highest BCUT2D eigenvalue weighted by molar-refractivity contribution is 6.33. The molecule has 1 aromatic heterocycles. The first-order valence-corrected chi connectivity index (χ1v) is 6.19. The first-order valence-electron chi connectivity index (χ1n) is 5.81. The molecule has 3 rings (SSSR count). The Kier molecular flexibility index (Phi) is 2.47. The maximum atomic E-state index is 11.0. The Morgan fingerprint density at radius 1 is 1.47 bits per heavy atom. The number of fused-ring (bicyclic) bond motifs is 2. The zero-order valence-electron chi connectivity index (χ0n) is 9.27. The molecule has 1 saturated heterocycles. The number of anilines is 1. The van der Waals surface area contributed by atoms with E-state index >= 15 is 0 Å². The molecule has 1 N–H and O–H groups in total. The lowest BCUT2D eigenvalue weighted by molar-refractivity contribution is 0.0691. The summed E-state index contributed by atoms with van der Waals surface area (Å²) in [5.74, 6) is 0.436. The second-order valence-electron chi connectivity index (χ2n) is 4.79. The summed E-state index contributed by atoms with van der Waals surface area (Å²) in [6.07, 6.45) is 3.70. The van der Waals surface area contributed by atoms with Gasteiger partial charge in [-0.25, -0.2) is 9.78 Å². The fourth-order valence-electron chi connectivity index (χ4n) is 2.95. The van der Waals surface area contributed by atoms with Crippen molar-refractivity contribution in [3.05, 3.63) is 22.8 Å². The van der Waals surface area contributed by atoms with E-state index in [0.717, 1.165) is 18.3 Å². The number of hydrogen-bond donors (Lipinski definition) is 1. The fraction of sp³-hybridized carbons (Fsp3) is 0.500. The smallest absolute Gasteiger partial charge is 0.356 e. The summed E-state index contributed by atoms with van der Waals surface area (Å²) in [5.41, 5.74) is -0.0491. The van der Waals surface area contributed by atoms with E-state index in [-0.39, 0.29) is 10.7 Å². The summed E-state index contributed by atoms with van der Waals surface area (Å²) in [6.45, 7) is 0.998. The summed E-state index contributed by atoms with van der Waals surface area (Å²) < 4.78 is 0. The molecule has 1 aliphatic heterocycles. The number of halogens is 1. The van der Waals surface area contributed by atoms with Crippen LogP contribution in [0.2, 0.25) is 5.02 Å². The Labute approximate surface area is 104 Å². The number of carboxylic acid groups (broad SMARTS) is 1. The summed E-state index contributed by atoms with van der Waals surface area (Å²) >= 11 is 5.82. The monoisotopic (exact) mass is 252 g/mol. The molecule has 2 bridgehead atoms. The van der Waals surface area contributed by atoms with Crippen LogP contribution < -0.4 is 4.90 Å². The highest BCUT2D eigenvalue weighted by Crippen LogP contribution is 2.39. The first-order chi connectivity index (χ1) is 8.15. The maximum absolute atomic E-state index is 11.0. The molecule has 2 aliphatic rings. The van der Waals surface area contributed by atoms with Gasteiger partial charge in [0, 0.05) is 12.6 Å². The van der Waals surface area contributed by atoms with E-state index in [1.165, 1.54) is 19.3 Å². The van der Waals surface area contributed by atoms with Crippen LogP contribution in [0, 0.1) is 5.92 Å².